The Balaban J connectivity index is 2.62. The first-order chi connectivity index (χ1) is 6.68. The summed E-state index contributed by atoms with van der Waals surface area (Å²) >= 11 is 1.27. The summed E-state index contributed by atoms with van der Waals surface area (Å²) in [5.41, 5.74) is 0.314. The van der Waals surface area contributed by atoms with Gasteiger partial charge in [0.1, 0.15) is 11.2 Å². The lowest BCUT2D eigenvalue weighted by Gasteiger charge is -1.99. The number of carboxylic acids is 1. The van der Waals surface area contributed by atoms with E-state index < -0.39 is 5.97 Å². The molecule has 0 fully saturated rings. The summed E-state index contributed by atoms with van der Waals surface area (Å²) in [6.07, 6.45) is 1.26. The third-order valence-electron chi connectivity index (χ3n) is 1.74. The van der Waals surface area contributed by atoms with Crippen molar-refractivity contribution in [3.05, 3.63) is 28.1 Å². The van der Waals surface area contributed by atoms with E-state index in [4.69, 9.17) is 5.11 Å². The van der Waals surface area contributed by atoms with E-state index in [1.807, 2.05) is 0 Å². The molecule has 0 radical (unpaired) electrons. The molecule has 0 saturated carbocycles. The molecule has 0 aliphatic carbocycles. The first-order valence-corrected chi connectivity index (χ1v) is 4.71. The summed E-state index contributed by atoms with van der Waals surface area (Å²) < 4.78 is 1.58. The van der Waals surface area contributed by atoms with E-state index in [0.29, 0.717) is 10.2 Å². The number of nitrogens with zero attached hydrogens (tertiary/aromatic N) is 2. The van der Waals surface area contributed by atoms with Gasteiger partial charge >= 0.3 is 5.97 Å². The highest BCUT2D eigenvalue weighted by Gasteiger charge is 2.07. The maximum Gasteiger partial charge on any atom is 0.323 e. The van der Waals surface area contributed by atoms with E-state index >= 15 is 0 Å². The zero-order valence-electron chi connectivity index (χ0n) is 7.01. The van der Waals surface area contributed by atoms with E-state index in [-0.39, 0.29) is 12.1 Å². The molecule has 14 heavy (non-hydrogen) atoms. The summed E-state index contributed by atoms with van der Waals surface area (Å²) in [6.45, 7) is -0.348. The van der Waals surface area contributed by atoms with Crippen LogP contribution >= 0.6 is 11.3 Å². The molecule has 2 rings (SSSR count). The van der Waals surface area contributed by atoms with E-state index in [0.717, 1.165) is 4.57 Å². The van der Waals surface area contributed by atoms with Crippen molar-refractivity contribution in [2.45, 2.75) is 6.54 Å². The third-order valence-corrected chi connectivity index (χ3v) is 2.63. The molecule has 0 unspecified atom stereocenters. The first kappa shape index (κ1) is 8.89. The molecular weight excluding hydrogens is 204 g/mol. The fourth-order valence-electron chi connectivity index (χ4n) is 1.14. The largest absolute Gasteiger partial charge is 0.480 e. The number of carbonyl (C=O) groups is 1. The van der Waals surface area contributed by atoms with Gasteiger partial charge in [0.15, 0.2) is 0 Å². The second-order valence-corrected chi connectivity index (χ2v) is 3.62. The molecular formula is C8H6N2O3S. The van der Waals surface area contributed by atoms with E-state index in [2.05, 4.69) is 4.98 Å². The van der Waals surface area contributed by atoms with Gasteiger partial charge in [0.2, 0.25) is 0 Å². The van der Waals surface area contributed by atoms with Gasteiger partial charge in [0, 0.05) is 0 Å². The third kappa shape index (κ3) is 1.39. The van der Waals surface area contributed by atoms with Crippen LogP contribution in [0.25, 0.3) is 10.2 Å². The van der Waals surface area contributed by atoms with Gasteiger partial charge in [-0.1, -0.05) is 0 Å². The summed E-state index contributed by atoms with van der Waals surface area (Å²) in [5.74, 6) is -1.05. The molecule has 0 aliphatic rings. The van der Waals surface area contributed by atoms with Crippen molar-refractivity contribution in [2.24, 2.45) is 0 Å². The number of carboxylic acid groups (broad SMARTS) is 1. The number of thiophene rings is 1. The van der Waals surface area contributed by atoms with Crippen molar-refractivity contribution < 1.29 is 9.90 Å². The predicted molar refractivity (Wildman–Crippen MR) is 51.5 cm³/mol. The lowest BCUT2D eigenvalue weighted by atomic mass is 10.4. The SMILES string of the molecule is O=C(O)Cn1cnc2ccsc2c1=O. The monoisotopic (exact) mass is 210 g/mol. The van der Waals surface area contributed by atoms with Crippen molar-refractivity contribution in [3.8, 4) is 0 Å². The minimum Gasteiger partial charge on any atom is -0.480 e. The molecule has 2 aromatic heterocycles. The van der Waals surface area contributed by atoms with Gasteiger partial charge in [0.05, 0.1) is 11.8 Å². The number of hydrogen-bond donors (Lipinski definition) is 1. The Labute approximate surface area is 82.2 Å². The molecule has 0 saturated heterocycles. The Hall–Kier alpha value is -1.69. The molecule has 72 valence electrons. The van der Waals surface area contributed by atoms with Gasteiger partial charge in [-0.2, -0.15) is 0 Å². The molecule has 2 aromatic rings. The van der Waals surface area contributed by atoms with E-state index in [9.17, 15) is 9.59 Å². The number of aliphatic carboxylic acids is 1. The maximum atomic E-state index is 11.6. The van der Waals surface area contributed by atoms with Crippen molar-refractivity contribution >= 4 is 27.5 Å². The Bertz CT molecular complexity index is 543. The Morgan fingerprint density at radius 3 is 3.14 bits per heavy atom. The second kappa shape index (κ2) is 3.22. The quantitative estimate of drug-likeness (QED) is 0.785. The summed E-state index contributed by atoms with van der Waals surface area (Å²) in [5, 5.41) is 10.3. The molecule has 0 atom stereocenters. The lowest BCUT2D eigenvalue weighted by Crippen LogP contribution is -2.23. The van der Waals surface area contributed by atoms with Crippen LogP contribution < -0.4 is 5.56 Å². The summed E-state index contributed by atoms with van der Waals surface area (Å²) in [6, 6.07) is 1.73. The van der Waals surface area contributed by atoms with Crippen molar-refractivity contribution in [2.75, 3.05) is 0 Å². The zero-order valence-corrected chi connectivity index (χ0v) is 7.82. The lowest BCUT2D eigenvalue weighted by molar-refractivity contribution is -0.137. The topological polar surface area (TPSA) is 72.2 Å². The van der Waals surface area contributed by atoms with Gasteiger partial charge in [-0.05, 0) is 11.4 Å². The average molecular weight is 210 g/mol. The Kier molecular flexibility index (Phi) is 2.05. The van der Waals surface area contributed by atoms with Crippen molar-refractivity contribution in [1.82, 2.24) is 9.55 Å². The minimum absolute atomic E-state index is 0.299. The molecule has 0 amide bonds. The molecule has 6 heteroatoms. The van der Waals surface area contributed by atoms with Crippen LogP contribution in [0.15, 0.2) is 22.6 Å². The van der Waals surface area contributed by atoms with E-state index in [1.54, 1.807) is 11.4 Å². The molecule has 1 N–H and O–H groups in total. The Morgan fingerprint density at radius 2 is 2.43 bits per heavy atom. The van der Waals surface area contributed by atoms with Gasteiger partial charge in [-0.25, -0.2) is 4.98 Å². The number of hydrogen-bond acceptors (Lipinski definition) is 4. The fourth-order valence-corrected chi connectivity index (χ4v) is 1.93. The molecule has 0 aromatic carbocycles. The molecule has 2 heterocycles. The maximum absolute atomic E-state index is 11.6. The van der Waals surface area contributed by atoms with Crippen LogP contribution in [0.3, 0.4) is 0 Å². The predicted octanol–water partition coefficient (Wildman–Crippen LogP) is 0.543. The van der Waals surface area contributed by atoms with Crippen LogP contribution in [0, 0.1) is 0 Å². The highest BCUT2D eigenvalue weighted by molar-refractivity contribution is 7.17. The number of fused-ring (bicyclic) bond motifs is 1. The summed E-state index contributed by atoms with van der Waals surface area (Å²) in [7, 11) is 0. The van der Waals surface area contributed by atoms with Crippen molar-refractivity contribution in [1.29, 1.82) is 0 Å². The smallest absolute Gasteiger partial charge is 0.323 e. The van der Waals surface area contributed by atoms with Crippen LogP contribution in [0.2, 0.25) is 0 Å². The highest BCUT2D eigenvalue weighted by atomic mass is 32.1. The zero-order chi connectivity index (χ0) is 10.1. The number of aromatic nitrogens is 2. The second-order valence-electron chi connectivity index (χ2n) is 2.71. The fraction of sp³-hybridized carbons (Fsp3) is 0.125. The minimum atomic E-state index is -1.05. The molecule has 0 spiro atoms. The van der Waals surface area contributed by atoms with Gasteiger partial charge < -0.3 is 5.11 Å². The van der Waals surface area contributed by atoms with Crippen LogP contribution in [-0.2, 0) is 11.3 Å². The van der Waals surface area contributed by atoms with Gasteiger partial charge in [-0.3, -0.25) is 14.2 Å². The molecule has 0 bridgehead atoms. The standard InChI is InChI=1S/C8H6N2O3S/c11-6(12)3-10-4-9-5-1-2-14-7(5)8(10)13/h1-2,4H,3H2,(H,11,12). The normalized spacial score (nSPS) is 10.6. The van der Waals surface area contributed by atoms with Gasteiger partial charge in [-0.15, -0.1) is 11.3 Å². The highest BCUT2D eigenvalue weighted by Crippen LogP contribution is 2.12. The Morgan fingerprint density at radius 1 is 1.64 bits per heavy atom. The van der Waals surface area contributed by atoms with Crippen molar-refractivity contribution in [3.63, 3.8) is 0 Å². The van der Waals surface area contributed by atoms with Gasteiger partial charge in [0.25, 0.3) is 5.56 Å². The number of rotatable bonds is 2. The van der Waals surface area contributed by atoms with Crippen LogP contribution in [0.1, 0.15) is 0 Å². The van der Waals surface area contributed by atoms with Crippen LogP contribution in [0.4, 0.5) is 0 Å². The van der Waals surface area contributed by atoms with E-state index in [1.165, 1.54) is 17.7 Å². The average Bonchev–Trinajstić information content (AvgIpc) is 2.57. The van der Waals surface area contributed by atoms with Crippen LogP contribution in [-0.4, -0.2) is 20.6 Å². The molecule has 0 aliphatic heterocycles. The van der Waals surface area contributed by atoms with Crippen LogP contribution in [0.5, 0.6) is 0 Å². The summed E-state index contributed by atoms with van der Waals surface area (Å²) in [4.78, 5) is 26.0. The molecule has 5 nitrogen and oxygen atoms in total. The first-order valence-electron chi connectivity index (χ1n) is 3.83.